The largest absolute Gasteiger partial charge is 0.444 e. The average molecular weight is 317 g/mol. The van der Waals surface area contributed by atoms with Crippen LogP contribution in [0.5, 0.6) is 0 Å². The van der Waals surface area contributed by atoms with E-state index in [4.69, 9.17) is 4.42 Å². The molecular formula is C16H16FN3O3. The van der Waals surface area contributed by atoms with E-state index in [1.54, 1.807) is 12.1 Å². The minimum atomic E-state index is -0.462. The fourth-order valence-corrected chi connectivity index (χ4v) is 2.48. The zero-order valence-electron chi connectivity index (χ0n) is 12.6. The predicted octanol–water partition coefficient (Wildman–Crippen LogP) is 2.70. The molecular weight excluding hydrogens is 301 g/mol. The van der Waals surface area contributed by atoms with E-state index in [2.05, 4.69) is 10.3 Å². The zero-order valence-corrected chi connectivity index (χ0v) is 12.6. The summed E-state index contributed by atoms with van der Waals surface area (Å²) >= 11 is 0. The number of rotatable bonds is 5. The maximum Gasteiger partial charge on any atom is 0.325 e. The Bertz CT molecular complexity index is 726. The van der Waals surface area contributed by atoms with E-state index in [0.717, 1.165) is 11.3 Å². The first-order valence-corrected chi connectivity index (χ1v) is 7.40. The van der Waals surface area contributed by atoms with Gasteiger partial charge in [0.1, 0.15) is 18.1 Å². The standard InChI is InChI=1S/C16H16FN3O3/c1-2-3-13-15(21)20(16(22)19-13)8-12-9-23-14(18-12)10-4-6-11(17)7-5-10/h4-7,9,13H,2-3,8H2,1H3,(H,19,22). The lowest BCUT2D eigenvalue weighted by atomic mass is 10.2. The number of carbonyl (C=O) groups excluding carboxylic acids is 2. The van der Waals surface area contributed by atoms with Gasteiger partial charge >= 0.3 is 6.03 Å². The highest BCUT2D eigenvalue weighted by atomic mass is 19.1. The number of benzene rings is 1. The molecule has 6 nitrogen and oxygen atoms in total. The van der Waals surface area contributed by atoms with Gasteiger partial charge in [-0.3, -0.25) is 9.69 Å². The summed E-state index contributed by atoms with van der Waals surface area (Å²) in [6.07, 6.45) is 2.82. The van der Waals surface area contributed by atoms with Gasteiger partial charge in [-0.05, 0) is 30.7 Å². The summed E-state index contributed by atoms with van der Waals surface area (Å²) in [5.41, 5.74) is 1.09. The first-order valence-electron chi connectivity index (χ1n) is 7.40. The quantitative estimate of drug-likeness (QED) is 0.860. The van der Waals surface area contributed by atoms with Crippen molar-refractivity contribution in [3.63, 3.8) is 0 Å². The number of halogens is 1. The van der Waals surface area contributed by atoms with E-state index in [-0.39, 0.29) is 18.3 Å². The second-order valence-electron chi connectivity index (χ2n) is 5.37. The number of carbonyl (C=O) groups is 2. The Morgan fingerprint density at radius 1 is 1.30 bits per heavy atom. The summed E-state index contributed by atoms with van der Waals surface area (Å²) in [5, 5.41) is 2.66. The summed E-state index contributed by atoms with van der Waals surface area (Å²) in [6.45, 7) is 2.00. The highest BCUT2D eigenvalue weighted by Gasteiger charge is 2.37. The molecule has 1 unspecified atom stereocenters. The molecule has 120 valence electrons. The Morgan fingerprint density at radius 2 is 2.04 bits per heavy atom. The van der Waals surface area contributed by atoms with Gasteiger partial charge in [0.15, 0.2) is 0 Å². The third-order valence-electron chi connectivity index (χ3n) is 3.65. The molecule has 0 saturated carbocycles. The second kappa shape index (κ2) is 6.20. The van der Waals surface area contributed by atoms with Crippen LogP contribution in [0.3, 0.4) is 0 Å². The van der Waals surface area contributed by atoms with Gasteiger partial charge in [-0.2, -0.15) is 0 Å². The molecule has 2 aromatic rings. The van der Waals surface area contributed by atoms with Gasteiger partial charge in [0.25, 0.3) is 5.91 Å². The number of hydrogen-bond donors (Lipinski definition) is 1. The molecule has 7 heteroatoms. The van der Waals surface area contributed by atoms with E-state index in [1.165, 1.54) is 18.4 Å². The van der Waals surface area contributed by atoms with Crippen molar-refractivity contribution in [1.82, 2.24) is 15.2 Å². The van der Waals surface area contributed by atoms with Crippen LogP contribution in [0.1, 0.15) is 25.5 Å². The summed E-state index contributed by atoms with van der Waals surface area (Å²) in [4.78, 5) is 29.4. The Balaban J connectivity index is 1.73. The zero-order chi connectivity index (χ0) is 16.4. The summed E-state index contributed by atoms with van der Waals surface area (Å²) in [5.74, 6) is -0.276. The van der Waals surface area contributed by atoms with Crippen LogP contribution in [0.15, 0.2) is 34.9 Å². The number of hydrogen-bond acceptors (Lipinski definition) is 4. The monoisotopic (exact) mass is 317 g/mol. The SMILES string of the molecule is CCCC1NC(=O)N(Cc2coc(-c3ccc(F)cc3)n2)C1=O. The first-order chi connectivity index (χ1) is 11.1. The molecule has 3 amide bonds. The van der Waals surface area contributed by atoms with E-state index < -0.39 is 12.1 Å². The van der Waals surface area contributed by atoms with Crippen LogP contribution in [0.2, 0.25) is 0 Å². The number of amides is 3. The Morgan fingerprint density at radius 3 is 2.74 bits per heavy atom. The van der Waals surface area contributed by atoms with Crippen molar-refractivity contribution in [3.8, 4) is 11.5 Å². The minimum absolute atomic E-state index is 0.0512. The highest BCUT2D eigenvalue weighted by Crippen LogP contribution is 2.21. The average Bonchev–Trinajstić information content (AvgIpc) is 3.10. The number of nitrogens with zero attached hydrogens (tertiary/aromatic N) is 2. The fraction of sp³-hybridized carbons (Fsp3) is 0.312. The summed E-state index contributed by atoms with van der Waals surface area (Å²) < 4.78 is 18.3. The Labute approximate surface area is 132 Å². The summed E-state index contributed by atoms with van der Waals surface area (Å²) in [6, 6.07) is 4.85. The second-order valence-corrected chi connectivity index (χ2v) is 5.37. The van der Waals surface area contributed by atoms with E-state index in [1.807, 2.05) is 6.92 Å². The number of nitrogens with one attached hydrogen (secondary N) is 1. The minimum Gasteiger partial charge on any atom is -0.444 e. The van der Waals surface area contributed by atoms with Gasteiger partial charge < -0.3 is 9.73 Å². The number of imide groups is 1. The van der Waals surface area contributed by atoms with Crippen molar-refractivity contribution < 1.29 is 18.4 Å². The van der Waals surface area contributed by atoms with Crippen LogP contribution in [-0.2, 0) is 11.3 Å². The van der Waals surface area contributed by atoms with Gasteiger partial charge in [0.05, 0.1) is 12.2 Å². The topological polar surface area (TPSA) is 75.4 Å². The smallest absolute Gasteiger partial charge is 0.325 e. The van der Waals surface area contributed by atoms with Crippen LogP contribution in [0, 0.1) is 5.82 Å². The molecule has 1 aromatic heterocycles. The van der Waals surface area contributed by atoms with Crippen molar-refractivity contribution in [2.24, 2.45) is 0 Å². The van der Waals surface area contributed by atoms with Crippen molar-refractivity contribution in [3.05, 3.63) is 42.0 Å². The number of urea groups is 1. The molecule has 3 rings (SSSR count). The molecule has 1 atom stereocenters. The van der Waals surface area contributed by atoms with Crippen molar-refractivity contribution >= 4 is 11.9 Å². The molecule has 1 aromatic carbocycles. The van der Waals surface area contributed by atoms with Crippen molar-refractivity contribution in [1.29, 1.82) is 0 Å². The molecule has 23 heavy (non-hydrogen) atoms. The molecule has 1 aliphatic rings. The van der Waals surface area contributed by atoms with Crippen LogP contribution in [-0.4, -0.2) is 27.9 Å². The predicted molar refractivity (Wildman–Crippen MR) is 79.7 cm³/mol. The van der Waals surface area contributed by atoms with Gasteiger partial charge in [-0.25, -0.2) is 14.2 Å². The lowest BCUT2D eigenvalue weighted by molar-refractivity contribution is -0.128. The van der Waals surface area contributed by atoms with Crippen molar-refractivity contribution in [2.75, 3.05) is 0 Å². The molecule has 0 radical (unpaired) electrons. The summed E-state index contributed by atoms with van der Waals surface area (Å²) in [7, 11) is 0. The van der Waals surface area contributed by atoms with E-state index in [9.17, 15) is 14.0 Å². The van der Waals surface area contributed by atoms with Gasteiger partial charge in [-0.1, -0.05) is 13.3 Å². The molecule has 0 spiro atoms. The third-order valence-corrected chi connectivity index (χ3v) is 3.65. The fourth-order valence-electron chi connectivity index (χ4n) is 2.48. The van der Waals surface area contributed by atoms with E-state index >= 15 is 0 Å². The molecule has 2 heterocycles. The normalized spacial score (nSPS) is 17.7. The van der Waals surface area contributed by atoms with Gasteiger partial charge in [0, 0.05) is 5.56 Å². The maximum atomic E-state index is 12.9. The molecule has 1 aliphatic heterocycles. The molecule has 1 N–H and O–H groups in total. The highest BCUT2D eigenvalue weighted by molar-refractivity contribution is 6.04. The number of oxazole rings is 1. The Kier molecular flexibility index (Phi) is 4.10. The van der Waals surface area contributed by atoms with Crippen LogP contribution >= 0.6 is 0 Å². The first kappa shape index (κ1) is 15.2. The lowest BCUT2D eigenvalue weighted by Crippen LogP contribution is -2.31. The van der Waals surface area contributed by atoms with Crippen LogP contribution < -0.4 is 5.32 Å². The van der Waals surface area contributed by atoms with Gasteiger partial charge in [-0.15, -0.1) is 0 Å². The lowest BCUT2D eigenvalue weighted by Gasteiger charge is -2.10. The molecule has 1 saturated heterocycles. The third kappa shape index (κ3) is 3.08. The van der Waals surface area contributed by atoms with Crippen LogP contribution in [0.4, 0.5) is 9.18 Å². The van der Waals surface area contributed by atoms with Crippen molar-refractivity contribution in [2.45, 2.75) is 32.4 Å². The molecule has 1 fully saturated rings. The van der Waals surface area contributed by atoms with Gasteiger partial charge in [0.2, 0.25) is 5.89 Å². The molecule has 0 bridgehead atoms. The molecule has 0 aliphatic carbocycles. The Hall–Kier alpha value is -2.70. The van der Waals surface area contributed by atoms with E-state index in [0.29, 0.717) is 23.6 Å². The van der Waals surface area contributed by atoms with Crippen LogP contribution in [0.25, 0.3) is 11.5 Å². The maximum absolute atomic E-state index is 12.9. The number of aromatic nitrogens is 1.